The van der Waals surface area contributed by atoms with Gasteiger partial charge in [-0.1, -0.05) is 23.7 Å². The van der Waals surface area contributed by atoms with Crippen LogP contribution in [0.4, 0.5) is 10.1 Å². The van der Waals surface area contributed by atoms with Crippen LogP contribution in [0.5, 0.6) is 0 Å². The van der Waals surface area contributed by atoms with Crippen molar-refractivity contribution in [1.29, 1.82) is 0 Å². The third kappa shape index (κ3) is 4.30. The summed E-state index contributed by atoms with van der Waals surface area (Å²) in [6.07, 6.45) is 1.63. The molecule has 2 aromatic carbocycles. The van der Waals surface area contributed by atoms with E-state index in [2.05, 4.69) is 9.98 Å². The van der Waals surface area contributed by atoms with Crippen molar-refractivity contribution in [3.05, 3.63) is 93.8 Å². The van der Waals surface area contributed by atoms with Gasteiger partial charge in [-0.15, -0.1) is 11.3 Å². The molecule has 0 bridgehead atoms. The molecule has 5 aromatic rings. The standard InChI is InChI=1S/C25H17ClFN3O2S/c1-14-23-20(16(12-31)11-28-14)10-21(24(32-23)29-19-8-6-18(27)7-9-19)25-30-22(13-33-25)15-2-4-17(26)5-3-15/h2-11,13,31H,12H2,1H3. The first-order chi connectivity index (χ1) is 16.0. The molecule has 5 rings (SSSR count). The second-order valence-corrected chi connectivity index (χ2v) is 8.66. The first kappa shape index (κ1) is 21.5. The van der Waals surface area contributed by atoms with Crippen LogP contribution in [0.3, 0.4) is 0 Å². The van der Waals surface area contributed by atoms with Crippen LogP contribution < -0.4 is 5.55 Å². The van der Waals surface area contributed by atoms with Gasteiger partial charge >= 0.3 is 0 Å². The minimum Gasteiger partial charge on any atom is -0.436 e. The number of hydrogen-bond acceptors (Lipinski definition) is 6. The van der Waals surface area contributed by atoms with Gasteiger partial charge in [0.25, 0.3) is 0 Å². The van der Waals surface area contributed by atoms with Gasteiger partial charge in [-0.25, -0.2) is 14.4 Å². The first-order valence-corrected chi connectivity index (χ1v) is 11.3. The van der Waals surface area contributed by atoms with Gasteiger partial charge in [0.15, 0.2) is 5.58 Å². The average molecular weight is 478 g/mol. The van der Waals surface area contributed by atoms with Gasteiger partial charge < -0.3 is 9.52 Å². The van der Waals surface area contributed by atoms with Gasteiger partial charge in [0.05, 0.1) is 29.2 Å². The van der Waals surface area contributed by atoms with E-state index in [-0.39, 0.29) is 12.4 Å². The molecule has 0 atom stereocenters. The molecule has 0 unspecified atom stereocenters. The summed E-state index contributed by atoms with van der Waals surface area (Å²) in [6, 6.07) is 15.2. The number of pyridine rings is 1. The smallest absolute Gasteiger partial charge is 0.230 e. The Morgan fingerprint density at radius 1 is 1.12 bits per heavy atom. The van der Waals surface area contributed by atoms with E-state index in [1.807, 2.05) is 42.6 Å². The average Bonchev–Trinajstić information content (AvgIpc) is 3.31. The minimum absolute atomic E-state index is 0.179. The molecule has 3 aromatic heterocycles. The SMILES string of the molecule is Cc1ncc(CO)c2cc(-c3nc(-c4ccc(Cl)cc4)cs3)c(=Nc3ccc(F)cc3)oc12. The third-order valence-electron chi connectivity index (χ3n) is 5.15. The van der Waals surface area contributed by atoms with Gasteiger partial charge in [-0.3, -0.25) is 4.98 Å². The monoisotopic (exact) mass is 477 g/mol. The molecule has 0 amide bonds. The van der Waals surface area contributed by atoms with Crippen LogP contribution in [0, 0.1) is 12.7 Å². The van der Waals surface area contributed by atoms with Crippen LogP contribution in [-0.4, -0.2) is 15.1 Å². The number of hydrogen-bond donors (Lipinski definition) is 1. The van der Waals surface area contributed by atoms with Gasteiger partial charge in [0, 0.05) is 33.1 Å². The van der Waals surface area contributed by atoms with Crippen LogP contribution >= 0.6 is 22.9 Å². The highest BCUT2D eigenvalue weighted by Gasteiger charge is 2.15. The molecule has 0 saturated carbocycles. The molecule has 0 fully saturated rings. The van der Waals surface area contributed by atoms with E-state index in [0.29, 0.717) is 43.7 Å². The topological polar surface area (TPSA) is 71.5 Å². The molecule has 1 N–H and O–H groups in total. The van der Waals surface area contributed by atoms with Crippen molar-refractivity contribution in [1.82, 2.24) is 9.97 Å². The lowest BCUT2D eigenvalue weighted by Crippen LogP contribution is -2.07. The van der Waals surface area contributed by atoms with Gasteiger partial charge in [0.1, 0.15) is 10.8 Å². The zero-order valence-corrected chi connectivity index (χ0v) is 19.0. The Morgan fingerprint density at radius 2 is 1.88 bits per heavy atom. The molecule has 0 aliphatic carbocycles. The number of benzene rings is 2. The maximum atomic E-state index is 13.4. The summed E-state index contributed by atoms with van der Waals surface area (Å²) in [5.74, 6) is -0.343. The van der Waals surface area contributed by atoms with Crippen molar-refractivity contribution in [3.8, 4) is 21.8 Å². The maximum Gasteiger partial charge on any atom is 0.230 e. The Labute approximate surface area is 197 Å². The minimum atomic E-state index is -0.343. The normalized spacial score (nSPS) is 11.9. The Balaban J connectivity index is 1.74. The van der Waals surface area contributed by atoms with Crippen molar-refractivity contribution in [2.75, 3.05) is 0 Å². The summed E-state index contributed by atoms with van der Waals surface area (Å²) < 4.78 is 19.6. The van der Waals surface area contributed by atoms with Gasteiger partial charge in [-0.05, 0) is 49.4 Å². The molecule has 0 saturated heterocycles. The van der Waals surface area contributed by atoms with Crippen LogP contribution in [0.25, 0.3) is 32.8 Å². The molecule has 8 heteroatoms. The molecule has 164 valence electrons. The summed E-state index contributed by atoms with van der Waals surface area (Å²) in [7, 11) is 0. The summed E-state index contributed by atoms with van der Waals surface area (Å²) >= 11 is 7.47. The Morgan fingerprint density at radius 3 is 2.61 bits per heavy atom. The van der Waals surface area contributed by atoms with E-state index in [9.17, 15) is 9.50 Å². The van der Waals surface area contributed by atoms with Crippen LogP contribution in [0.1, 0.15) is 11.3 Å². The Hall–Kier alpha value is -3.39. The van der Waals surface area contributed by atoms with Crippen molar-refractivity contribution in [2.45, 2.75) is 13.5 Å². The number of aromatic nitrogens is 2. The fourth-order valence-electron chi connectivity index (χ4n) is 3.43. The van der Waals surface area contributed by atoms with Crippen molar-refractivity contribution >= 4 is 39.6 Å². The number of aliphatic hydroxyl groups is 1. The molecule has 0 aliphatic rings. The van der Waals surface area contributed by atoms with Gasteiger partial charge in [0.2, 0.25) is 5.55 Å². The van der Waals surface area contributed by atoms with Crippen LogP contribution in [-0.2, 0) is 6.61 Å². The molecule has 0 aliphatic heterocycles. The van der Waals surface area contributed by atoms with E-state index in [1.165, 1.54) is 23.5 Å². The van der Waals surface area contributed by atoms with Gasteiger partial charge in [-0.2, -0.15) is 0 Å². The summed E-state index contributed by atoms with van der Waals surface area (Å²) in [5.41, 5.74) is 5.11. The van der Waals surface area contributed by atoms with Crippen LogP contribution in [0.2, 0.25) is 5.02 Å². The molecule has 0 spiro atoms. The summed E-state index contributed by atoms with van der Waals surface area (Å²) in [5, 5.41) is 13.9. The fourth-order valence-corrected chi connectivity index (χ4v) is 4.40. The third-order valence-corrected chi connectivity index (χ3v) is 6.28. The van der Waals surface area contributed by atoms with E-state index >= 15 is 0 Å². The lowest BCUT2D eigenvalue weighted by atomic mass is 10.1. The second kappa shape index (κ2) is 8.86. The van der Waals surface area contributed by atoms with E-state index in [1.54, 1.807) is 18.3 Å². The van der Waals surface area contributed by atoms with E-state index in [4.69, 9.17) is 21.0 Å². The maximum absolute atomic E-state index is 13.4. The Bertz CT molecular complexity index is 1530. The molecule has 3 heterocycles. The lowest BCUT2D eigenvalue weighted by molar-refractivity contribution is 0.282. The number of halogens is 2. The number of rotatable bonds is 4. The number of thiazole rings is 1. The number of aryl methyl sites for hydroxylation is 1. The van der Waals surface area contributed by atoms with Crippen molar-refractivity contribution in [2.24, 2.45) is 4.99 Å². The predicted molar refractivity (Wildman–Crippen MR) is 128 cm³/mol. The van der Waals surface area contributed by atoms with Crippen molar-refractivity contribution in [3.63, 3.8) is 0 Å². The lowest BCUT2D eigenvalue weighted by Gasteiger charge is -2.08. The van der Waals surface area contributed by atoms with E-state index in [0.717, 1.165) is 16.6 Å². The molecule has 0 radical (unpaired) electrons. The number of aliphatic hydroxyl groups excluding tert-OH is 1. The summed E-state index contributed by atoms with van der Waals surface area (Å²) in [4.78, 5) is 13.7. The first-order valence-electron chi connectivity index (χ1n) is 10.1. The molecule has 5 nitrogen and oxygen atoms in total. The summed E-state index contributed by atoms with van der Waals surface area (Å²) in [6.45, 7) is 1.65. The molecule has 33 heavy (non-hydrogen) atoms. The zero-order valence-electron chi connectivity index (χ0n) is 17.4. The molecular weight excluding hydrogens is 461 g/mol. The zero-order chi connectivity index (χ0) is 22.9. The quantitative estimate of drug-likeness (QED) is 0.323. The van der Waals surface area contributed by atoms with E-state index < -0.39 is 0 Å². The Kier molecular flexibility index (Phi) is 5.76. The highest BCUT2D eigenvalue weighted by Crippen LogP contribution is 2.31. The number of nitrogens with zero attached hydrogens (tertiary/aromatic N) is 3. The number of fused-ring (bicyclic) bond motifs is 1. The van der Waals surface area contributed by atoms with Crippen LogP contribution in [0.15, 0.2) is 75.6 Å². The predicted octanol–water partition coefficient (Wildman–Crippen LogP) is 6.44. The highest BCUT2D eigenvalue weighted by molar-refractivity contribution is 7.13. The molecular formula is C25H17ClFN3O2S. The largest absolute Gasteiger partial charge is 0.436 e. The second-order valence-electron chi connectivity index (χ2n) is 7.37. The van der Waals surface area contributed by atoms with Crippen molar-refractivity contribution < 1.29 is 13.9 Å². The fraction of sp³-hybridized carbons (Fsp3) is 0.0800. The highest BCUT2D eigenvalue weighted by atomic mass is 35.5.